The largest absolute Gasteiger partial charge is 0.507 e. The molecule has 2 aromatic rings. The molecule has 0 aliphatic heterocycles. The number of hydrogen-bond acceptors (Lipinski definition) is 6. The van der Waals surface area contributed by atoms with E-state index >= 15 is 0 Å². The van der Waals surface area contributed by atoms with Crippen molar-refractivity contribution in [2.45, 2.75) is 25.4 Å². The zero-order valence-electron chi connectivity index (χ0n) is 12.7. The van der Waals surface area contributed by atoms with E-state index < -0.39 is 17.4 Å². The zero-order valence-corrected chi connectivity index (χ0v) is 12.7. The molecule has 0 saturated heterocycles. The number of ether oxygens (including phenoxy) is 2. The summed E-state index contributed by atoms with van der Waals surface area (Å²) >= 11 is 0. The number of methoxy groups -OCH3 is 1. The number of aromatic nitrogens is 2. The summed E-state index contributed by atoms with van der Waals surface area (Å²) in [5.74, 6) is -0.611. The van der Waals surface area contributed by atoms with Gasteiger partial charge in [-0.25, -0.2) is 14.2 Å². The van der Waals surface area contributed by atoms with Crippen molar-refractivity contribution in [1.29, 1.82) is 0 Å². The highest BCUT2D eigenvalue weighted by Crippen LogP contribution is 2.41. The van der Waals surface area contributed by atoms with Crippen LogP contribution in [-0.4, -0.2) is 33.8 Å². The molecule has 1 saturated carbocycles. The molecule has 1 heterocycles. The molecule has 0 atom stereocenters. The van der Waals surface area contributed by atoms with E-state index in [9.17, 15) is 14.3 Å². The molecule has 1 fully saturated rings. The maximum Gasteiger partial charge on any atom is 0.350 e. The standard InChI is InChI=1S/C16H15FN2O4/c1-9-18-12(11-4-3-10(17)7-13(11)20)8-14(19-9)23-16(5-6-16)15(21)22-2/h3-4,7-8,20H,5-6H2,1-2H3. The second-order valence-electron chi connectivity index (χ2n) is 5.39. The first-order valence-electron chi connectivity index (χ1n) is 7.05. The minimum atomic E-state index is -0.988. The smallest absolute Gasteiger partial charge is 0.350 e. The van der Waals surface area contributed by atoms with Crippen LogP contribution in [0.1, 0.15) is 18.7 Å². The van der Waals surface area contributed by atoms with Gasteiger partial charge in [0.1, 0.15) is 17.4 Å². The van der Waals surface area contributed by atoms with Crippen molar-refractivity contribution in [3.8, 4) is 22.9 Å². The Hall–Kier alpha value is -2.70. The molecule has 1 aromatic heterocycles. The summed E-state index contributed by atoms with van der Waals surface area (Å²) in [7, 11) is 1.30. The molecule has 1 aromatic carbocycles. The van der Waals surface area contributed by atoms with Gasteiger partial charge >= 0.3 is 5.97 Å². The molecule has 1 aliphatic rings. The number of carbonyl (C=O) groups is 1. The molecule has 7 heteroatoms. The highest BCUT2D eigenvalue weighted by Gasteiger charge is 2.54. The second kappa shape index (κ2) is 5.49. The summed E-state index contributed by atoms with van der Waals surface area (Å²) in [5.41, 5.74) is -0.257. The summed E-state index contributed by atoms with van der Waals surface area (Å²) in [6.45, 7) is 1.66. The lowest BCUT2D eigenvalue weighted by Gasteiger charge is -2.15. The fourth-order valence-electron chi connectivity index (χ4n) is 2.30. The van der Waals surface area contributed by atoms with Gasteiger partial charge in [0.25, 0.3) is 0 Å². The SMILES string of the molecule is COC(=O)C1(Oc2cc(-c3ccc(F)cc3O)nc(C)n2)CC1. The third-order valence-corrected chi connectivity index (χ3v) is 3.61. The molecule has 1 aliphatic carbocycles. The fourth-order valence-corrected chi connectivity index (χ4v) is 2.30. The molecule has 23 heavy (non-hydrogen) atoms. The lowest BCUT2D eigenvalue weighted by atomic mass is 10.1. The molecule has 0 spiro atoms. The number of benzene rings is 1. The van der Waals surface area contributed by atoms with E-state index in [1.165, 1.54) is 25.3 Å². The maximum absolute atomic E-state index is 13.1. The molecular weight excluding hydrogens is 303 g/mol. The molecule has 0 radical (unpaired) electrons. The number of phenolic OH excluding ortho intramolecular Hbond substituents is 1. The van der Waals surface area contributed by atoms with Gasteiger partial charge in [0.15, 0.2) is 0 Å². The summed E-state index contributed by atoms with van der Waals surface area (Å²) in [6, 6.07) is 5.15. The monoisotopic (exact) mass is 318 g/mol. The number of halogens is 1. The van der Waals surface area contributed by atoms with Gasteiger partial charge in [0, 0.05) is 30.5 Å². The van der Waals surface area contributed by atoms with Crippen molar-refractivity contribution < 1.29 is 23.8 Å². The van der Waals surface area contributed by atoms with E-state index in [0.717, 1.165) is 6.07 Å². The highest BCUT2D eigenvalue weighted by molar-refractivity contribution is 5.83. The van der Waals surface area contributed by atoms with Gasteiger partial charge < -0.3 is 14.6 Å². The van der Waals surface area contributed by atoms with E-state index in [1.807, 2.05) is 0 Å². The van der Waals surface area contributed by atoms with Crippen LogP contribution in [0.15, 0.2) is 24.3 Å². The quantitative estimate of drug-likeness (QED) is 0.872. The minimum absolute atomic E-state index is 0.208. The first-order valence-corrected chi connectivity index (χ1v) is 7.05. The van der Waals surface area contributed by atoms with Crippen LogP contribution in [-0.2, 0) is 9.53 Å². The van der Waals surface area contributed by atoms with Gasteiger partial charge in [-0.1, -0.05) is 0 Å². The zero-order chi connectivity index (χ0) is 16.6. The molecule has 3 rings (SSSR count). The van der Waals surface area contributed by atoms with Gasteiger partial charge in [-0.15, -0.1) is 0 Å². The molecule has 120 valence electrons. The Labute approximate surface area is 131 Å². The van der Waals surface area contributed by atoms with Crippen LogP contribution >= 0.6 is 0 Å². The molecule has 0 amide bonds. The van der Waals surface area contributed by atoms with Crippen molar-refractivity contribution in [3.63, 3.8) is 0 Å². The predicted octanol–water partition coefficient (Wildman–Crippen LogP) is 2.38. The van der Waals surface area contributed by atoms with Crippen LogP contribution in [0.25, 0.3) is 11.3 Å². The molecule has 1 N–H and O–H groups in total. The number of esters is 1. The average molecular weight is 318 g/mol. The average Bonchev–Trinajstić information content (AvgIpc) is 3.26. The Balaban J connectivity index is 1.95. The van der Waals surface area contributed by atoms with E-state index in [4.69, 9.17) is 9.47 Å². The number of hydrogen-bond donors (Lipinski definition) is 1. The van der Waals surface area contributed by atoms with Crippen molar-refractivity contribution in [2.75, 3.05) is 7.11 Å². The van der Waals surface area contributed by atoms with Crippen LogP contribution in [0.3, 0.4) is 0 Å². The van der Waals surface area contributed by atoms with E-state index in [1.54, 1.807) is 6.92 Å². The van der Waals surface area contributed by atoms with Crippen molar-refractivity contribution in [3.05, 3.63) is 35.9 Å². The third-order valence-electron chi connectivity index (χ3n) is 3.61. The second-order valence-corrected chi connectivity index (χ2v) is 5.39. The van der Waals surface area contributed by atoms with E-state index in [2.05, 4.69) is 9.97 Å². The lowest BCUT2D eigenvalue weighted by molar-refractivity contribution is -0.151. The Morgan fingerprint density at radius 1 is 1.30 bits per heavy atom. The van der Waals surface area contributed by atoms with Gasteiger partial charge in [0.2, 0.25) is 11.5 Å². The number of phenols is 1. The van der Waals surface area contributed by atoms with Crippen LogP contribution in [0, 0.1) is 12.7 Å². The summed E-state index contributed by atoms with van der Waals surface area (Å²) in [4.78, 5) is 20.1. The first-order chi connectivity index (χ1) is 10.9. The number of aromatic hydroxyl groups is 1. The Bertz CT molecular complexity index is 775. The predicted molar refractivity (Wildman–Crippen MR) is 78.4 cm³/mol. The van der Waals surface area contributed by atoms with Gasteiger partial charge in [-0.2, -0.15) is 4.98 Å². The first kappa shape index (κ1) is 15.2. The van der Waals surface area contributed by atoms with Crippen LogP contribution in [0.4, 0.5) is 4.39 Å². The van der Waals surface area contributed by atoms with Crippen molar-refractivity contribution in [2.24, 2.45) is 0 Å². The van der Waals surface area contributed by atoms with Gasteiger partial charge in [0.05, 0.1) is 12.8 Å². The number of rotatable bonds is 4. The minimum Gasteiger partial charge on any atom is -0.507 e. The summed E-state index contributed by atoms with van der Waals surface area (Å²) < 4.78 is 23.5. The topological polar surface area (TPSA) is 81.5 Å². The number of nitrogens with zero attached hydrogens (tertiary/aromatic N) is 2. The van der Waals surface area contributed by atoms with Crippen LogP contribution in [0.2, 0.25) is 0 Å². The normalized spacial score (nSPS) is 15.1. The van der Waals surface area contributed by atoms with E-state index in [-0.39, 0.29) is 11.6 Å². The van der Waals surface area contributed by atoms with Crippen molar-refractivity contribution in [1.82, 2.24) is 9.97 Å². The third kappa shape index (κ3) is 2.94. The van der Waals surface area contributed by atoms with Crippen LogP contribution in [0.5, 0.6) is 11.6 Å². The highest BCUT2D eigenvalue weighted by atomic mass is 19.1. The summed E-state index contributed by atoms with van der Waals surface area (Å²) in [5, 5.41) is 9.88. The Morgan fingerprint density at radius 2 is 2.04 bits per heavy atom. The molecule has 0 unspecified atom stereocenters. The Kier molecular flexibility index (Phi) is 3.63. The Morgan fingerprint density at radius 3 is 2.65 bits per heavy atom. The number of aryl methyl sites for hydroxylation is 1. The van der Waals surface area contributed by atoms with Gasteiger partial charge in [-0.3, -0.25) is 0 Å². The van der Waals surface area contributed by atoms with E-state index in [0.29, 0.717) is 29.9 Å². The number of carbonyl (C=O) groups excluding carboxylic acids is 1. The molecule has 0 bridgehead atoms. The fraction of sp³-hybridized carbons (Fsp3) is 0.312. The summed E-state index contributed by atoms with van der Waals surface area (Å²) in [6.07, 6.45) is 1.11. The molecule has 6 nitrogen and oxygen atoms in total. The van der Waals surface area contributed by atoms with Crippen molar-refractivity contribution >= 4 is 5.97 Å². The van der Waals surface area contributed by atoms with Crippen LogP contribution < -0.4 is 4.74 Å². The molecular formula is C16H15FN2O4. The lowest BCUT2D eigenvalue weighted by Crippen LogP contribution is -2.31. The van der Waals surface area contributed by atoms with Gasteiger partial charge in [-0.05, 0) is 19.1 Å². The maximum atomic E-state index is 13.1.